The maximum atomic E-state index is 11.9. The van der Waals surface area contributed by atoms with Crippen molar-refractivity contribution < 1.29 is 4.79 Å². The molecular weight excluding hydrogens is 264 g/mol. The molecule has 0 saturated heterocycles. The number of amides is 1. The smallest absolute Gasteiger partial charge is 0.230 e. The molecule has 1 aliphatic rings. The lowest BCUT2D eigenvalue weighted by atomic mass is 9.86. The van der Waals surface area contributed by atoms with Gasteiger partial charge in [0.1, 0.15) is 0 Å². The number of thioether (sulfide) groups is 1. The zero-order chi connectivity index (χ0) is 13.0. The molecule has 1 amide bonds. The maximum Gasteiger partial charge on any atom is 0.230 e. The second-order valence-corrected chi connectivity index (χ2v) is 7.06. The van der Waals surface area contributed by atoms with Gasteiger partial charge in [0.2, 0.25) is 5.91 Å². The molecule has 2 rings (SSSR count). The summed E-state index contributed by atoms with van der Waals surface area (Å²) in [5.41, 5.74) is 1.03. The highest BCUT2D eigenvalue weighted by atomic mass is 32.2. The Morgan fingerprint density at radius 1 is 1.56 bits per heavy atom. The molecule has 0 bridgehead atoms. The Kier molecular flexibility index (Phi) is 5.06. The number of nitrogens with one attached hydrogen (secondary N) is 1. The Bertz CT molecular complexity index is 405. The van der Waals surface area contributed by atoms with Crippen molar-refractivity contribution >= 4 is 29.0 Å². The van der Waals surface area contributed by atoms with Gasteiger partial charge in [-0.3, -0.25) is 4.79 Å². The van der Waals surface area contributed by atoms with Crippen molar-refractivity contribution in [1.29, 1.82) is 0 Å². The van der Waals surface area contributed by atoms with E-state index in [4.69, 9.17) is 0 Å². The number of rotatable bonds is 4. The summed E-state index contributed by atoms with van der Waals surface area (Å²) in [7, 11) is 0. The monoisotopic (exact) mass is 284 g/mol. The minimum absolute atomic E-state index is 0.145. The average molecular weight is 284 g/mol. The van der Waals surface area contributed by atoms with E-state index in [-0.39, 0.29) is 5.91 Å². The highest BCUT2D eigenvalue weighted by Crippen LogP contribution is 2.25. The summed E-state index contributed by atoms with van der Waals surface area (Å²) in [5.74, 6) is 1.25. The fourth-order valence-electron chi connectivity index (χ4n) is 2.31. The van der Waals surface area contributed by atoms with Crippen LogP contribution >= 0.6 is 23.1 Å². The van der Waals surface area contributed by atoms with E-state index < -0.39 is 0 Å². The van der Waals surface area contributed by atoms with E-state index in [1.54, 1.807) is 11.3 Å². The molecule has 18 heavy (non-hydrogen) atoms. The lowest BCUT2D eigenvalue weighted by Crippen LogP contribution is -2.41. The molecule has 1 aliphatic carbocycles. The van der Waals surface area contributed by atoms with E-state index in [0.717, 1.165) is 16.5 Å². The molecule has 2 atom stereocenters. The Labute approximate surface area is 117 Å². The SMILES string of the molecule is Cc1csc(SCC(=O)N[C@H]2CCCC[C@H]2C)n1. The topological polar surface area (TPSA) is 42.0 Å². The number of aromatic nitrogens is 1. The summed E-state index contributed by atoms with van der Waals surface area (Å²) < 4.78 is 0.986. The van der Waals surface area contributed by atoms with E-state index >= 15 is 0 Å². The molecule has 0 radical (unpaired) electrons. The van der Waals surface area contributed by atoms with Crippen molar-refractivity contribution in [1.82, 2.24) is 10.3 Å². The maximum absolute atomic E-state index is 11.9. The van der Waals surface area contributed by atoms with Crippen LogP contribution in [0.4, 0.5) is 0 Å². The first-order chi connectivity index (χ1) is 8.65. The third-order valence-corrected chi connectivity index (χ3v) is 5.52. The van der Waals surface area contributed by atoms with Gasteiger partial charge >= 0.3 is 0 Å². The molecule has 3 nitrogen and oxygen atoms in total. The zero-order valence-electron chi connectivity index (χ0n) is 10.9. The van der Waals surface area contributed by atoms with Gasteiger partial charge in [0.25, 0.3) is 0 Å². The summed E-state index contributed by atoms with van der Waals surface area (Å²) >= 11 is 3.14. The van der Waals surface area contributed by atoms with Crippen LogP contribution in [-0.2, 0) is 4.79 Å². The molecule has 0 spiro atoms. The van der Waals surface area contributed by atoms with E-state index in [2.05, 4.69) is 17.2 Å². The number of carbonyl (C=O) groups is 1. The minimum atomic E-state index is 0.145. The van der Waals surface area contributed by atoms with Crippen LogP contribution in [0.25, 0.3) is 0 Å². The first-order valence-corrected chi connectivity index (χ1v) is 8.36. The van der Waals surface area contributed by atoms with Gasteiger partial charge in [0, 0.05) is 17.1 Å². The molecule has 1 heterocycles. The van der Waals surface area contributed by atoms with Crippen LogP contribution in [0.1, 0.15) is 38.3 Å². The molecule has 1 aromatic heterocycles. The van der Waals surface area contributed by atoms with Gasteiger partial charge in [0.05, 0.1) is 5.75 Å². The molecule has 1 aromatic rings. The van der Waals surface area contributed by atoms with Crippen LogP contribution in [-0.4, -0.2) is 22.7 Å². The molecule has 1 saturated carbocycles. The van der Waals surface area contributed by atoms with E-state index in [9.17, 15) is 4.79 Å². The number of hydrogen-bond donors (Lipinski definition) is 1. The van der Waals surface area contributed by atoms with Crippen LogP contribution in [0, 0.1) is 12.8 Å². The first-order valence-electron chi connectivity index (χ1n) is 6.49. The van der Waals surface area contributed by atoms with Crippen molar-refractivity contribution in [2.75, 3.05) is 5.75 Å². The second kappa shape index (κ2) is 6.57. The van der Waals surface area contributed by atoms with Gasteiger partial charge in [-0.25, -0.2) is 4.98 Å². The molecule has 0 unspecified atom stereocenters. The summed E-state index contributed by atoms with van der Waals surface area (Å²) in [6.45, 7) is 4.21. The number of aryl methyl sites for hydroxylation is 1. The Balaban J connectivity index is 1.74. The van der Waals surface area contributed by atoms with Crippen molar-refractivity contribution in [2.24, 2.45) is 5.92 Å². The highest BCUT2D eigenvalue weighted by Gasteiger charge is 2.22. The molecule has 0 aliphatic heterocycles. The third-order valence-electron chi connectivity index (χ3n) is 3.38. The average Bonchev–Trinajstić information content (AvgIpc) is 2.76. The predicted octanol–water partition coefficient (Wildman–Crippen LogP) is 3.24. The van der Waals surface area contributed by atoms with Crippen LogP contribution in [0.3, 0.4) is 0 Å². The Hall–Kier alpha value is -0.550. The molecule has 1 fully saturated rings. The molecular formula is C13H20N2OS2. The Morgan fingerprint density at radius 2 is 2.33 bits per heavy atom. The molecule has 5 heteroatoms. The van der Waals surface area contributed by atoms with E-state index in [1.807, 2.05) is 12.3 Å². The zero-order valence-corrected chi connectivity index (χ0v) is 12.6. The van der Waals surface area contributed by atoms with Gasteiger partial charge in [0.15, 0.2) is 4.34 Å². The fourth-order valence-corrected chi connectivity index (χ4v) is 3.97. The van der Waals surface area contributed by atoms with Gasteiger partial charge in [-0.1, -0.05) is 31.5 Å². The Morgan fingerprint density at radius 3 is 3.00 bits per heavy atom. The van der Waals surface area contributed by atoms with Gasteiger partial charge < -0.3 is 5.32 Å². The van der Waals surface area contributed by atoms with E-state index in [0.29, 0.717) is 17.7 Å². The summed E-state index contributed by atoms with van der Waals surface area (Å²) in [5, 5.41) is 5.18. The van der Waals surface area contributed by atoms with Crippen molar-refractivity contribution in [3.8, 4) is 0 Å². The quantitative estimate of drug-likeness (QED) is 0.863. The molecule has 0 aromatic carbocycles. The van der Waals surface area contributed by atoms with Crippen LogP contribution in [0.5, 0.6) is 0 Å². The van der Waals surface area contributed by atoms with Crippen LogP contribution in [0.15, 0.2) is 9.72 Å². The van der Waals surface area contributed by atoms with Crippen molar-refractivity contribution in [3.05, 3.63) is 11.1 Å². The van der Waals surface area contributed by atoms with Gasteiger partial charge in [-0.15, -0.1) is 11.3 Å². The first kappa shape index (κ1) is 13.9. The normalized spacial score (nSPS) is 23.9. The van der Waals surface area contributed by atoms with Crippen molar-refractivity contribution in [3.63, 3.8) is 0 Å². The second-order valence-electron chi connectivity index (χ2n) is 4.98. The van der Waals surface area contributed by atoms with Crippen LogP contribution < -0.4 is 5.32 Å². The minimum Gasteiger partial charge on any atom is -0.352 e. The lowest BCUT2D eigenvalue weighted by molar-refractivity contribution is -0.119. The molecule has 1 N–H and O–H groups in total. The highest BCUT2D eigenvalue weighted by molar-refractivity contribution is 8.01. The van der Waals surface area contributed by atoms with Gasteiger partial charge in [-0.2, -0.15) is 0 Å². The predicted molar refractivity (Wildman–Crippen MR) is 77.1 cm³/mol. The standard InChI is InChI=1S/C13H20N2OS2/c1-9-5-3-4-6-11(9)15-12(16)8-18-13-14-10(2)7-17-13/h7,9,11H,3-6,8H2,1-2H3,(H,15,16)/t9-,11+/m1/s1. The number of nitrogens with zero attached hydrogens (tertiary/aromatic N) is 1. The number of carbonyl (C=O) groups excluding carboxylic acids is 1. The van der Waals surface area contributed by atoms with E-state index in [1.165, 1.54) is 31.0 Å². The van der Waals surface area contributed by atoms with Crippen LogP contribution in [0.2, 0.25) is 0 Å². The molecule has 100 valence electrons. The fraction of sp³-hybridized carbons (Fsp3) is 0.692. The number of thiazole rings is 1. The summed E-state index contributed by atoms with van der Waals surface area (Å²) in [4.78, 5) is 16.2. The summed E-state index contributed by atoms with van der Waals surface area (Å²) in [6.07, 6.45) is 4.92. The lowest BCUT2D eigenvalue weighted by Gasteiger charge is -2.29. The summed E-state index contributed by atoms with van der Waals surface area (Å²) in [6, 6.07) is 0.380. The largest absolute Gasteiger partial charge is 0.352 e. The third kappa shape index (κ3) is 3.99. The van der Waals surface area contributed by atoms with Crippen molar-refractivity contribution in [2.45, 2.75) is 49.9 Å². The number of hydrogen-bond acceptors (Lipinski definition) is 4. The van der Waals surface area contributed by atoms with Gasteiger partial charge in [-0.05, 0) is 25.7 Å².